The molecule has 2 aromatic carbocycles. The van der Waals surface area contributed by atoms with Crippen molar-refractivity contribution in [1.29, 1.82) is 0 Å². The first-order valence-corrected chi connectivity index (χ1v) is 10.5. The zero-order valence-corrected chi connectivity index (χ0v) is 16.8. The van der Waals surface area contributed by atoms with Crippen molar-refractivity contribution < 1.29 is 14.3 Å². The second kappa shape index (κ2) is 8.38. The maximum Gasteiger partial charge on any atom is 0.309 e. The van der Waals surface area contributed by atoms with Gasteiger partial charge in [0, 0.05) is 0 Å². The topological polar surface area (TPSA) is 35.5 Å². The fourth-order valence-corrected chi connectivity index (χ4v) is 4.65. The minimum absolute atomic E-state index is 0.119. The number of methoxy groups -OCH3 is 1. The standard InChI is InChI=1S/C25H30O3/c1-17(25(26)27-2)24(20-11-12-20)21-9-6-10-23(15-21)28-16-18-13-22(14-18)19-7-4-3-5-8-19/h3-10,15,17-18,20,22,24H,11-14,16H2,1-2H3. The highest BCUT2D eigenvalue weighted by atomic mass is 16.5. The van der Waals surface area contributed by atoms with Crippen LogP contribution < -0.4 is 4.74 Å². The molecule has 0 spiro atoms. The molecule has 2 atom stereocenters. The van der Waals surface area contributed by atoms with Crippen LogP contribution >= 0.6 is 0 Å². The first kappa shape index (κ1) is 19.0. The smallest absolute Gasteiger partial charge is 0.309 e. The summed E-state index contributed by atoms with van der Waals surface area (Å²) in [5.74, 6) is 2.80. The summed E-state index contributed by atoms with van der Waals surface area (Å²) in [6.07, 6.45) is 4.79. The first-order chi connectivity index (χ1) is 13.7. The molecule has 28 heavy (non-hydrogen) atoms. The van der Waals surface area contributed by atoms with E-state index in [1.165, 1.54) is 43.9 Å². The van der Waals surface area contributed by atoms with E-state index < -0.39 is 0 Å². The molecule has 148 valence electrons. The fourth-order valence-electron chi connectivity index (χ4n) is 4.65. The highest BCUT2D eigenvalue weighted by molar-refractivity contribution is 5.73. The SMILES string of the molecule is COC(=O)C(C)C(c1cccc(OCC2CC(c3ccccc3)C2)c1)C1CC1. The van der Waals surface area contributed by atoms with Crippen LogP contribution in [0, 0.1) is 17.8 Å². The van der Waals surface area contributed by atoms with Crippen molar-refractivity contribution in [2.24, 2.45) is 17.8 Å². The lowest BCUT2D eigenvalue weighted by Gasteiger charge is -2.35. The summed E-state index contributed by atoms with van der Waals surface area (Å²) < 4.78 is 11.1. The Morgan fingerprint density at radius 3 is 2.50 bits per heavy atom. The Morgan fingerprint density at radius 1 is 1.07 bits per heavy atom. The van der Waals surface area contributed by atoms with E-state index in [1.54, 1.807) is 0 Å². The van der Waals surface area contributed by atoms with E-state index in [9.17, 15) is 4.79 Å². The third-order valence-electron chi connectivity index (χ3n) is 6.48. The molecule has 0 bridgehead atoms. The number of ether oxygens (including phenoxy) is 2. The van der Waals surface area contributed by atoms with E-state index in [-0.39, 0.29) is 17.8 Å². The number of carbonyl (C=O) groups is 1. The number of hydrogen-bond donors (Lipinski definition) is 0. The van der Waals surface area contributed by atoms with Gasteiger partial charge in [0.1, 0.15) is 5.75 Å². The Kier molecular flexibility index (Phi) is 5.70. The van der Waals surface area contributed by atoms with Gasteiger partial charge in [0.15, 0.2) is 0 Å². The van der Waals surface area contributed by atoms with E-state index >= 15 is 0 Å². The van der Waals surface area contributed by atoms with Crippen LogP contribution in [0.3, 0.4) is 0 Å². The summed E-state index contributed by atoms with van der Waals surface area (Å²) in [5, 5.41) is 0. The fraction of sp³-hybridized carbons (Fsp3) is 0.480. The summed E-state index contributed by atoms with van der Waals surface area (Å²) in [5.41, 5.74) is 2.65. The van der Waals surface area contributed by atoms with Crippen LogP contribution in [0.25, 0.3) is 0 Å². The molecule has 0 saturated heterocycles. The summed E-state index contributed by atoms with van der Waals surface area (Å²) in [6.45, 7) is 2.76. The van der Waals surface area contributed by atoms with Crippen LogP contribution in [0.4, 0.5) is 0 Å². The molecule has 4 rings (SSSR count). The molecule has 2 aliphatic carbocycles. The van der Waals surface area contributed by atoms with Gasteiger partial charge in [0.25, 0.3) is 0 Å². The van der Waals surface area contributed by atoms with Crippen LogP contribution in [0.5, 0.6) is 5.75 Å². The number of esters is 1. The molecular weight excluding hydrogens is 348 g/mol. The average molecular weight is 379 g/mol. The monoisotopic (exact) mass is 378 g/mol. The number of benzene rings is 2. The molecule has 2 aliphatic rings. The van der Waals surface area contributed by atoms with Crippen molar-refractivity contribution in [3.05, 3.63) is 65.7 Å². The maximum atomic E-state index is 12.1. The molecule has 2 unspecified atom stereocenters. The van der Waals surface area contributed by atoms with Gasteiger partial charge in [-0.3, -0.25) is 4.79 Å². The normalized spacial score (nSPS) is 23.4. The predicted octanol–water partition coefficient (Wildman–Crippen LogP) is 5.56. The van der Waals surface area contributed by atoms with Gasteiger partial charge in [0.2, 0.25) is 0 Å². The minimum Gasteiger partial charge on any atom is -0.493 e. The van der Waals surface area contributed by atoms with E-state index in [1.807, 2.05) is 13.0 Å². The summed E-state index contributed by atoms with van der Waals surface area (Å²) in [7, 11) is 1.48. The van der Waals surface area contributed by atoms with Crippen molar-refractivity contribution in [1.82, 2.24) is 0 Å². The summed E-state index contributed by atoms with van der Waals surface area (Å²) >= 11 is 0. The lowest BCUT2D eigenvalue weighted by atomic mass is 9.72. The zero-order valence-electron chi connectivity index (χ0n) is 16.8. The third-order valence-corrected chi connectivity index (χ3v) is 6.48. The molecule has 2 aromatic rings. The van der Waals surface area contributed by atoms with E-state index in [2.05, 4.69) is 48.5 Å². The largest absolute Gasteiger partial charge is 0.493 e. The Hall–Kier alpha value is -2.29. The lowest BCUT2D eigenvalue weighted by molar-refractivity contribution is -0.145. The van der Waals surface area contributed by atoms with Crippen molar-refractivity contribution in [2.45, 2.75) is 44.4 Å². The zero-order chi connectivity index (χ0) is 19.5. The predicted molar refractivity (Wildman–Crippen MR) is 110 cm³/mol. The van der Waals surface area contributed by atoms with Gasteiger partial charge in [0.05, 0.1) is 19.6 Å². The molecular formula is C25H30O3. The van der Waals surface area contributed by atoms with Crippen molar-refractivity contribution in [3.63, 3.8) is 0 Å². The van der Waals surface area contributed by atoms with Crippen LogP contribution in [0.1, 0.15) is 55.6 Å². The second-order valence-corrected chi connectivity index (χ2v) is 8.50. The maximum absolute atomic E-state index is 12.1. The number of carbonyl (C=O) groups excluding carboxylic acids is 1. The molecule has 3 nitrogen and oxygen atoms in total. The van der Waals surface area contributed by atoms with E-state index in [0.717, 1.165) is 12.4 Å². The molecule has 0 N–H and O–H groups in total. The van der Waals surface area contributed by atoms with Gasteiger partial charge in [-0.1, -0.05) is 49.4 Å². The summed E-state index contributed by atoms with van der Waals surface area (Å²) in [4.78, 5) is 12.1. The van der Waals surface area contributed by atoms with Crippen molar-refractivity contribution >= 4 is 5.97 Å². The van der Waals surface area contributed by atoms with E-state index in [4.69, 9.17) is 9.47 Å². The lowest BCUT2D eigenvalue weighted by Crippen LogP contribution is -2.27. The quantitative estimate of drug-likeness (QED) is 0.564. The molecule has 3 heteroatoms. The van der Waals surface area contributed by atoms with E-state index in [0.29, 0.717) is 17.8 Å². The number of hydrogen-bond acceptors (Lipinski definition) is 3. The van der Waals surface area contributed by atoms with Crippen LogP contribution in [0.2, 0.25) is 0 Å². The number of rotatable bonds is 8. The highest BCUT2D eigenvalue weighted by Crippen LogP contribution is 2.47. The molecule has 0 aliphatic heterocycles. The third kappa shape index (κ3) is 4.24. The molecule has 0 heterocycles. The summed E-state index contributed by atoms with van der Waals surface area (Å²) in [6, 6.07) is 19.1. The average Bonchev–Trinajstić information content (AvgIpc) is 3.52. The van der Waals surface area contributed by atoms with Crippen LogP contribution in [-0.4, -0.2) is 19.7 Å². The first-order valence-electron chi connectivity index (χ1n) is 10.5. The van der Waals surface area contributed by atoms with Gasteiger partial charge < -0.3 is 9.47 Å². The molecule has 0 radical (unpaired) electrons. The van der Waals surface area contributed by atoms with Crippen molar-refractivity contribution in [3.8, 4) is 5.75 Å². The Balaban J connectivity index is 1.34. The second-order valence-electron chi connectivity index (χ2n) is 8.50. The van der Waals surface area contributed by atoms with Gasteiger partial charge in [-0.2, -0.15) is 0 Å². The minimum atomic E-state index is -0.121. The van der Waals surface area contributed by atoms with Gasteiger partial charge in [-0.15, -0.1) is 0 Å². The van der Waals surface area contributed by atoms with Crippen molar-refractivity contribution in [2.75, 3.05) is 13.7 Å². The molecule has 2 fully saturated rings. The van der Waals surface area contributed by atoms with Crippen LogP contribution in [-0.2, 0) is 9.53 Å². The Labute approximate surface area is 168 Å². The Bertz CT molecular complexity index is 790. The Morgan fingerprint density at radius 2 is 1.82 bits per heavy atom. The van der Waals surface area contributed by atoms with Gasteiger partial charge in [-0.05, 0) is 72.6 Å². The van der Waals surface area contributed by atoms with Gasteiger partial charge >= 0.3 is 5.97 Å². The highest BCUT2D eigenvalue weighted by Gasteiger charge is 2.39. The molecule has 0 aromatic heterocycles. The van der Waals surface area contributed by atoms with Crippen LogP contribution in [0.15, 0.2) is 54.6 Å². The molecule has 0 amide bonds. The molecule has 2 saturated carbocycles. The van der Waals surface area contributed by atoms with Gasteiger partial charge in [-0.25, -0.2) is 0 Å².